The second-order valence-electron chi connectivity index (χ2n) is 4.59. The van der Waals surface area contributed by atoms with Gasteiger partial charge in [-0.2, -0.15) is 12.6 Å². The molecule has 0 bridgehead atoms. The van der Waals surface area contributed by atoms with Crippen LogP contribution in [-0.2, 0) is 6.42 Å². The van der Waals surface area contributed by atoms with Gasteiger partial charge in [0.1, 0.15) is 0 Å². The van der Waals surface area contributed by atoms with Crippen molar-refractivity contribution >= 4 is 46.6 Å². The second-order valence-corrected chi connectivity index (χ2v) is 8.23. The van der Waals surface area contributed by atoms with E-state index in [9.17, 15) is 0 Å². The van der Waals surface area contributed by atoms with Gasteiger partial charge in [-0.25, -0.2) is 0 Å². The lowest BCUT2D eigenvalue weighted by Crippen LogP contribution is -1.81. The molecule has 0 saturated carbocycles. The van der Waals surface area contributed by atoms with E-state index in [2.05, 4.69) is 54.4 Å². The minimum absolute atomic E-state index is 0.993. The zero-order valence-corrected chi connectivity index (χ0v) is 14.4. The molecule has 0 unspecified atom stereocenters. The van der Waals surface area contributed by atoms with Gasteiger partial charge in [0.05, 0.1) is 0 Å². The summed E-state index contributed by atoms with van der Waals surface area (Å²) < 4.78 is 0. The molecule has 0 nitrogen and oxygen atoms in total. The largest absolute Gasteiger partial charge is 0.179 e. The van der Waals surface area contributed by atoms with Crippen molar-refractivity contribution in [1.29, 1.82) is 0 Å². The summed E-state index contributed by atoms with van der Waals surface area (Å²) in [5, 5.41) is 2.14. The summed E-state index contributed by atoms with van der Waals surface area (Å²) in [6.45, 7) is 0. The molecule has 0 aliphatic heterocycles. The van der Waals surface area contributed by atoms with Crippen molar-refractivity contribution in [2.45, 2.75) is 19.3 Å². The Morgan fingerprint density at radius 1 is 0.800 bits per heavy atom. The summed E-state index contributed by atoms with van der Waals surface area (Å²) in [4.78, 5) is 7.03. The highest BCUT2D eigenvalue weighted by atomic mass is 32.1. The fraction of sp³-hybridized carbons (Fsp3) is 0.250. The highest BCUT2D eigenvalue weighted by Crippen LogP contribution is 2.39. The van der Waals surface area contributed by atoms with Crippen molar-refractivity contribution in [1.82, 2.24) is 0 Å². The molecule has 0 spiro atoms. The summed E-state index contributed by atoms with van der Waals surface area (Å²) in [7, 11) is 0. The van der Waals surface area contributed by atoms with Gasteiger partial charge < -0.3 is 0 Å². The van der Waals surface area contributed by atoms with Gasteiger partial charge in [0.15, 0.2) is 0 Å². The van der Waals surface area contributed by atoms with Crippen molar-refractivity contribution in [3.63, 3.8) is 0 Å². The number of thiol groups is 1. The minimum atomic E-state index is 0.993. The van der Waals surface area contributed by atoms with Crippen LogP contribution in [0.3, 0.4) is 0 Å². The lowest BCUT2D eigenvalue weighted by molar-refractivity contribution is 0.813. The molecule has 0 aromatic carbocycles. The summed E-state index contributed by atoms with van der Waals surface area (Å²) in [6.07, 6.45) is 3.64. The predicted molar refractivity (Wildman–Crippen MR) is 97.7 cm³/mol. The Balaban J connectivity index is 1.73. The zero-order chi connectivity index (χ0) is 13.8. The topological polar surface area (TPSA) is 0 Å². The normalized spacial score (nSPS) is 11.1. The molecule has 0 fully saturated rings. The Bertz CT molecular complexity index is 646. The summed E-state index contributed by atoms with van der Waals surface area (Å²) in [5.41, 5.74) is 0. The zero-order valence-electron chi connectivity index (χ0n) is 11.0. The molecule has 0 N–H and O–H groups in total. The molecule has 4 heteroatoms. The third-order valence-corrected chi connectivity index (χ3v) is 6.91. The maximum Gasteiger partial charge on any atom is 0.0449 e. The lowest BCUT2D eigenvalue weighted by atomic mass is 10.2. The molecule has 3 aromatic rings. The van der Waals surface area contributed by atoms with Crippen molar-refractivity contribution in [2.75, 3.05) is 5.75 Å². The van der Waals surface area contributed by atoms with Gasteiger partial charge in [0.2, 0.25) is 0 Å². The van der Waals surface area contributed by atoms with Gasteiger partial charge in [-0.1, -0.05) is 6.07 Å². The van der Waals surface area contributed by atoms with Crippen LogP contribution in [0.15, 0.2) is 41.8 Å². The number of thiophene rings is 3. The molecule has 0 radical (unpaired) electrons. The minimum Gasteiger partial charge on any atom is -0.179 e. The van der Waals surface area contributed by atoms with Crippen LogP contribution in [0.2, 0.25) is 0 Å². The maximum atomic E-state index is 4.27. The predicted octanol–water partition coefficient (Wildman–Crippen LogP) is 6.46. The third-order valence-electron chi connectivity index (χ3n) is 3.11. The average molecular weight is 337 g/mol. The fourth-order valence-corrected chi connectivity index (χ4v) is 5.28. The van der Waals surface area contributed by atoms with Gasteiger partial charge >= 0.3 is 0 Å². The smallest absolute Gasteiger partial charge is 0.0449 e. The first-order chi connectivity index (χ1) is 9.86. The van der Waals surface area contributed by atoms with E-state index in [0.717, 1.165) is 5.75 Å². The van der Waals surface area contributed by atoms with Crippen molar-refractivity contribution in [3.8, 4) is 19.5 Å². The molecular weight excluding hydrogens is 320 g/mol. The van der Waals surface area contributed by atoms with Crippen LogP contribution in [0.5, 0.6) is 0 Å². The summed E-state index contributed by atoms with van der Waals surface area (Å²) in [5.74, 6) is 0.993. The van der Waals surface area contributed by atoms with E-state index in [4.69, 9.17) is 0 Å². The van der Waals surface area contributed by atoms with E-state index in [1.165, 1.54) is 43.6 Å². The van der Waals surface area contributed by atoms with E-state index in [1.807, 2.05) is 34.0 Å². The molecule has 104 valence electrons. The monoisotopic (exact) mass is 336 g/mol. The van der Waals surface area contributed by atoms with Crippen LogP contribution < -0.4 is 0 Å². The Labute approximate surface area is 137 Å². The van der Waals surface area contributed by atoms with Crippen LogP contribution in [0.4, 0.5) is 0 Å². The number of aryl methyl sites for hydroxylation is 1. The second kappa shape index (κ2) is 6.94. The Hall–Kier alpha value is -0.550. The maximum absolute atomic E-state index is 4.27. The van der Waals surface area contributed by atoms with Crippen LogP contribution in [0.1, 0.15) is 17.7 Å². The van der Waals surface area contributed by atoms with Crippen LogP contribution in [-0.4, -0.2) is 5.75 Å². The number of unbranched alkanes of at least 4 members (excludes halogenated alkanes) is 1. The molecule has 20 heavy (non-hydrogen) atoms. The first kappa shape index (κ1) is 14.4. The van der Waals surface area contributed by atoms with E-state index in [-0.39, 0.29) is 0 Å². The molecule has 0 aliphatic rings. The molecule has 0 atom stereocenters. The first-order valence-electron chi connectivity index (χ1n) is 6.70. The molecule has 0 aliphatic carbocycles. The fourth-order valence-electron chi connectivity index (χ4n) is 2.08. The number of hydrogen-bond acceptors (Lipinski definition) is 4. The Kier molecular flexibility index (Phi) is 4.99. The van der Waals surface area contributed by atoms with E-state index >= 15 is 0 Å². The molecule has 0 amide bonds. The van der Waals surface area contributed by atoms with E-state index in [1.54, 1.807) is 0 Å². The highest BCUT2D eigenvalue weighted by molar-refractivity contribution is 7.80. The molecule has 3 heterocycles. The molecule has 3 rings (SSSR count). The van der Waals surface area contributed by atoms with Crippen LogP contribution in [0, 0.1) is 0 Å². The van der Waals surface area contributed by atoms with Gasteiger partial charge in [-0.3, -0.25) is 0 Å². The standard InChI is InChI=1S/C16H16S4/c17-10-2-1-4-12-6-7-15(19-12)16-9-8-14(20-16)13-5-3-11-18-13/h3,5-9,11,17H,1-2,4,10H2. The average Bonchev–Trinajstić information content (AvgIpc) is 3.19. The lowest BCUT2D eigenvalue weighted by Gasteiger charge is -1.95. The number of hydrogen-bond donors (Lipinski definition) is 1. The number of rotatable bonds is 6. The first-order valence-corrected chi connectivity index (χ1v) is 9.85. The van der Waals surface area contributed by atoms with Crippen molar-refractivity contribution in [2.24, 2.45) is 0 Å². The molecule has 0 saturated heterocycles. The van der Waals surface area contributed by atoms with Gasteiger partial charge in [-0.05, 0) is 60.7 Å². The molecular formula is C16H16S4. The van der Waals surface area contributed by atoms with E-state index in [0.29, 0.717) is 0 Å². The SMILES string of the molecule is SCCCCc1ccc(-c2ccc(-c3cccs3)s2)s1. The van der Waals surface area contributed by atoms with Gasteiger partial charge in [0, 0.05) is 24.4 Å². The van der Waals surface area contributed by atoms with Crippen LogP contribution in [0.25, 0.3) is 19.5 Å². The van der Waals surface area contributed by atoms with Crippen molar-refractivity contribution < 1.29 is 0 Å². The van der Waals surface area contributed by atoms with Crippen LogP contribution >= 0.6 is 46.6 Å². The van der Waals surface area contributed by atoms with E-state index < -0.39 is 0 Å². The van der Waals surface area contributed by atoms with Gasteiger partial charge in [0.25, 0.3) is 0 Å². The summed E-state index contributed by atoms with van der Waals surface area (Å²) in [6, 6.07) is 13.4. The quantitative estimate of drug-likeness (QED) is 0.388. The van der Waals surface area contributed by atoms with Crippen molar-refractivity contribution in [3.05, 3.63) is 46.7 Å². The Morgan fingerprint density at radius 3 is 2.30 bits per heavy atom. The Morgan fingerprint density at radius 2 is 1.55 bits per heavy atom. The summed E-state index contributed by atoms with van der Waals surface area (Å²) >= 11 is 9.91. The highest BCUT2D eigenvalue weighted by Gasteiger charge is 2.08. The molecule has 3 aromatic heterocycles. The third kappa shape index (κ3) is 3.37. The van der Waals surface area contributed by atoms with Gasteiger partial charge in [-0.15, -0.1) is 34.0 Å².